The van der Waals surface area contributed by atoms with Crippen molar-refractivity contribution in [3.05, 3.63) is 52.7 Å². The van der Waals surface area contributed by atoms with Gasteiger partial charge in [-0.3, -0.25) is 4.90 Å². The molecule has 1 atom stereocenters. The van der Waals surface area contributed by atoms with Crippen molar-refractivity contribution in [2.24, 2.45) is 0 Å². The summed E-state index contributed by atoms with van der Waals surface area (Å²) in [5.74, 6) is 0.719. The minimum atomic E-state index is -0.177. The van der Waals surface area contributed by atoms with Crippen LogP contribution in [0.1, 0.15) is 41.5 Å². The molecular weight excluding hydrogens is 255 g/mol. The molecule has 1 aliphatic rings. The van der Waals surface area contributed by atoms with Crippen LogP contribution in [0.4, 0.5) is 4.39 Å². The summed E-state index contributed by atoms with van der Waals surface area (Å²) in [4.78, 5) is 2.43. The lowest BCUT2D eigenvalue weighted by molar-refractivity contribution is 0.246. The third kappa shape index (κ3) is 2.48. The van der Waals surface area contributed by atoms with E-state index in [1.54, 1.807) is 12.1 Å². The van der Waals surface area contributed by atoms with Gasteiger partial charge in [0.25, 0.3) is 0 Å². The second-order valence-electron chi connectivity index (χ2n) is 5.48. The number of benzene rings is 1. The molecule has 0 saturated carbocycles. The lowest BCUT2D eigenvalue weighted by atomic mass is 10.0. The zero-order valence-electron chi connectivity index (χ0n) is 11.9. The van der Waals surface area contributed by atoms with Crippen LogP contribution in [0.2, 0.25) is 0 Å². The molecule has 1 aliphatic heterocycles. The molecule has 1 aromatic heterocycles. The predicted octanol–water partition coefficient (Wildman–Crippen LogP) is 3.77. The van der Waals surface area contributed by atoms with E-state index in [0.29, 0.717) is 6.04 Å². The van der Waals surface area contributed by atoms with Crippen molar-refractivity contribution >= 4 is 0 Å². The molecule has 4 heteroatoms. The van der Waals surface area contributed by atoms with Gasteiger partial charge in [-0.05, 0) is 50.9 Å². The van der Waals surface area contributed by atoms with E-state index < -0.39 is 0 Å². The third-order valence-electron chi connectivity index (χ3n) is 4.16. The average molecular weight is 274 g/mol. The molecule has 3 rings (SSSR count). The fraction of sp³-hybridized carbons (Fsp3) is 0.438. The van der Waals surface area contributed by atoms with Crippen LogP contribution < -0.4 is 0 Å². The Morgan fingerprint density at radius 3 is 2.70 bits per heavy atom. The first kappa shape index (κ1) is 13.3. The number of likely N-dealkylation sites (tertiary alicyclic amines) is 1. The summed E-state index contributed by atoms with van der Waals surface area (Å²) < 4.78 is 18.3. The molecule has 0 aliphatic carbocycles. The highest BCUT2D eigenvalue weighted by molar-refractivity contribution is 5.24. The number of nitrogens with zero attached hydrogens (tertiary/aromatic N) is 2. The topological polar surface area (TPSA) is 29.3 Å². The van der Waals surface area contributed by atoms with Crippen LogP contribution in [0.5, 0.6) is 0 Å². The molecule has 3 nitrogen and oxygen atoms in total. The van der Waals surface area contributed by atoms with Crippen LogP contribution in [0.15, 0.2) is 28.8 Å². The molecule has 0 spiro atoms. The summed E-state index contributed by atoms with van der Waals surface area (Å²) in [5, 5.41) is 4.02. The van der Waals surface area contributed by atoms with Gasteiger partial charge in [0.05, 0.1) is 5.69 Å². The Labute approximate surface area is 118 Å². The Kier molecular flexibility index (Phi) is 3.57. The van der Waals surface area contributed by atoms with Crippen molar-refractivity contribution in [2.75, 3.05) is 6.54 Å². The molecule has 1 unspecified atom stereocenters. The van der Waals surface area contributed by atoms with Crippen molar-refractivity contribution in [2.45, 2.75) is 39.3 Å². The second kappa shape index (κ2) is 5.37. The third-order valence-corrected chi connectivity index (χ3v) is 4.16. The lowest BCUT2D eigenvalue weighted by Crippen LogP contribution is -2.23. The van der Waals surface area contributed by atoms with E-state index in [0.717, 1.165) is 31.0 Å². The Balaban J connectivity index is 1.81. The Morgan fingerprint density at radius 2 is 2.05 bits per heavy atom. The van der Waals surface area contributed by atoms with Gasteiger partial charge in [0.15, 0.2) is 0 Å². The second-order valence-corrected chi connectivity index (χ2v) is 5.48. The summed E-state index contributed by atoms with van der Waals surface area (Å²) in [5.41, 5.74) is 3.34. The Morgan fingerprint density at radius 1 is 1.30 bits per heavy atom. The molecule has 1 saturated heterocycles. The van der Waals surface area contributed by atoms with Gasteiger partial charge in [0, 0.05) is 18.2 Å². The van der Waals surface area contributed by atoms with E-state index in [-0.39, 0.29) is 5.82 Å². The lowest BCUT2D eigenvalue weighted by Gasteiger charge is -2.24. The number of aryl methyl sites for hydroxylation is 2. The first-order chi connectivity index (χ1) is 9.65. The maximum absolute atomic E-state index is 13.0. The zero-order valence-corrected chi connectivity index (χ0v) is 11.9. The number of aromatic nitrogens is 1. The van der Waals surface area contributed by atoms with Crippen LogP contribution in [0.25, 0.3) is 0 Å². The van der Waals surface area contributed by atoms with E-state index in [4.69, 9.17) is 4.52 Å². The van der Waals surface area contributed by atoms with Crippen LogP contribution in [-0.2, 0) is 6.54 Å². The SMILES string of the molecule is Cc1noc(C)c1CN1CCCC1c1ccc(F)cc1. The number of hydrogen-bond acceptors (Lipinski definition) is 3. The standard InChI is InChI=1S/C16H19FN2O/c1-11-15(12(2)20-18-11)10-19-9-3-4-16(19)13-5-7-14(17)8-6-13/h5-8,16H,3-4,9-10H2,1-2H3. The molecule has 2 heterocycles. The van der Waals surface area contributed by atoms with E-state index in [9.17, 15) is 4.39 Å². The summed E-state index contributed by atoms with van der Waals surface area (Å²) >= 11 is 0. The van der Waals surface area contributed by atoms with Gasteiger partial charge < -0.3 is 4.52 Å². The first-order valence-corrected chi connectivity index (χ1v) is 7.06. The van der Waals surface area contributed by atoms with Gasteiger partial charge in [-0.1, -0.05) is 17.3 Å². The molecule has 2 aromatic rings. The van der Waals surface area contributed by atoms with Crippen molar-refractivity contribution < 1.29 is 8.91 Å². The van der Waals surface area contributed by atoms with Crippen LogP contribution in [-0.4, -0.2) is 16.6 Å². The zero-order chi connectivity index (χ0) is 14.1. The monoisotopic (exact) mass is 274 g/mol. The predicted molar refractivity (Wildman–Crippen MR) is 74.8 cm³/mol. The van der Waals surface area contributed by atoms with E-state index in [2.05, 4.69) is 10.1 Å². The average Bonchev–Trinajstić information content (AvgIpc) is 3.02. The Hall–Kier alpha value is -1.68. The van der Waals surface area contributed by atoms with Gasteiger partial charge in [0.2, 0.25) is 0 Å². The van der Waals surface area contributed by atoms with Crippen molar-refractivity contribution in [1.82, 2.24) is 10.1 Å². The molecule has 0 radical (unpaired) electrons. The van der Waals surface area contributed by atoms with Crippen molar-refractivity contribution in [3.63, 3.8) is 0 Å². The summed E-state index contributed by atoms with van der Waals surface area (Å²) in [6, 6.07) is 7.24. The van der Waals surface area contributed by atoms with Gasteiger partial charge in [0.1, 0.15) is 11.6 Å². The maximum atomic E-state index is 13.0. The maximum Gasteiger partial charge on any atom is 0.138 e. The number of rotatable bonds is 3. The molecule has 1 fully saturated rings. The summed E-state index contributed by atoms with van der Waals surface area (Å²) in [7, 11) is 0. The molecule has 20 heavy (non-hydrogen) atoms. The van der Waals surface area contributed by atoms with Crippen LogP contribution in [0.3, 0.4) is 0 Å². The van der Waals surface area contributed by atoms with Gasteiger partial charge in [-0.15, -0.1) is 0 Å². The van der Waals surface area contributed by atoms with E-state index >= 15 is 0 Å². The number of halogens is 1. The molecule has 1 aromatic carbocycles. The molecule has 0 amide bonds. The van der Waals surface area contributed by atoms with Gasteiger partial charge in [-0.25, -0.2) is 4.39 Å². The fourth-order valence-electron chi connectivity index (χ4n) is 3.01. The van der Waals surface area contributed by atoms with Gasteiger partial charge in [-0.2, -0.15) is 0 Å². The van der Waals surface area contributed by atoms with E-state index in [1.165, 1.54) is 17.5 Å². The smallest absolute Gasteiger partial charge is 0.138 e. The van der Waals surface area contributed by atoms with E-state index in [1.807, 2.05) is 26.0 Å². The Bertz CT molecular complexity index is 572. The minimum Gasteiger partial charge on any atom is -0.361 e. The van der Waals surface area contributed by atoms with Crippen molar-refractivity contribution in [3.8, 4) is 0 Å². The normalized spacial score (nSPS) is 19.6. The summed E-state index contributed by atoms with van der Waals surface area (Å²) in [6.45, 7) is 5.85. The quantitative estimate of drug-likeness (QED) is 0.853. The highest BCUT2D eigenvalue weighted by Gasteiger charge is 2.27. The molecular formula is C16H19FN2O. The van der Waals surface area contributed by atoms with Crippen LogP contribution >= 0.6 is 0 Å². The van der Waals surface area contributed by atoms with Gasteiger partial charge >= 0.3 is 0 Å². The minimum absolute atomic E-state index is 0.177. The fourth-order valence-corrected chi connectivity index (χ4v) is 3.01. The van der Waals surface area contributed by atoms with Crippen LogP contribution in [0, 0.1) is 19.7 Å². The van der Waals surface area contributed by atoms with Crippen molar-refractivity contribution in [1.29, 1.82) is 0 Å². The molecule has 0 bridgehead atoms. The number of hydrogen-bond donors (Lipinski definition) is 0. The molecule has 106 valence electrons. The molecule has 0 N–H and O–H groups in total. The first-order valence-electron chi connectivity index (χ1n) is 7.06. The largest absolute Gasteiger partial charge is 0.361 e. The highest BCUT2D eigenvalue weighted by Crippen LogP contribution is 2.34. The highest BCUT2D eigenvalue weighted by atomic mass is 19.1. The summed E-state index contributed by atoms with van der Waals surface area (Å²) in [6.07, 6.45) is 2.29.